The van der Waals surface area contributed by atoms with Gasteiger partial charge in [0.25, 0.3) is 0 Å². The number of nitrogens with zero attached hydrogens (tertiary/aromatic N) is 3. The lowest BCUT2D eigenvalue weighted by Crippen LogP contribution is -2.30. The van der Waals surface area contributed by atoms with E-state index in [1.165, 1.54) is 19.3 Å². The van der Waals surface area contributed by atoms with Crippen molar-refractivity contribution in [2.45, 2.75) is 32.6 Å². The standard InChI is InChI=1S/C12H20N4/c1-3-10-14-11(13-2)9-12(15-10)16-7-5-4-6-8-16/h9H,3-8H2,1-2H3,(H,13,14,15). The van der Waals surface area contributed by atoms with Gasteiger partial charge in [-0.2, -0.15) is 0 Å². The van der Waals surface area contributed by atoms with Gasteiger partial charge in [-0.3, -0.25) is 0 Å². The Morgan fingerprint density at radius 2 is 2.00 bits per heavy atom. The van der Waals surface area contributed by atoms with Crippen LogP contribution in [-0.4, -0.2) is 30.1 Å². The molecule has 1 aliphatic rings. The van der Waals surface area contributed by atoms with Crippen LogP contribution in [0.5, 0.6) is 0 Å². The molecule has 4 nitrogen and oxygen atoms in total. The second-order valence-corrected chi connectivity index (χ2v) is 4.18. The molecule has 0 spiro atoms. The van der Waals surface area contributed by atoms with Crippen molar-refractivity contribution in [1.29, 1.82) is 0 Å². The molecule has 0 amide bonds. The summed E-state index contributed by atoms with van der Waals surface area (Å²) in [7, 11) is 1.90. The van der Waals surface area contributed by atoms with Crippen molar-refractivity contribution in [2.75, 3.05) is 30.4 Å². The second kappa shape index (κ2) is 5.14. The van der Waals surface area contributed by atoms with Crippen molar-refractivity contribution in [3.05, 3.63) is 11.9 Å². The van der Waals surface area contributed by atoms with Crippen molar-refractivity contribution in [1.82, 2.24) is 9.97 Å². The topological polar surface area (TPSA) is 41.1 Å². The van der Waals surface area contributed by atoms with E-state index in [9.17, 15) is 0 Å². The zero-order valence-electron chi connectivity index (χ0n) is 10.2. The first kappa shape index (κ1) is 11.2. The summed E-state index contributed by atoms with van der Waals surface area (Å²) in [6, 6.07) is 2.05. The molecule has 0 aromatic carbocycles. The number of rotatable bonds is 3. The van der Waals surface area contributed by atoms with Crippen LogP contribution in [0.3, 0.4) is 0 Å². The molecule has 88 valence electrons. The monoisotopic (exact) mass is 220 g/mol. The third kappa shape index (κ3) is 2.43. The molecule has 0 unspecified atom stereocenters. The predicted octanol–water partition coefficient (Wildman–Crippen LogP) is 2.07. The summed E-state index contributed by atoms with van der Waals surface area (Å²) in [5.74, 6) is 2.93. The minimum absolute atomic E-state index is 0.885. The van der Waals surface area contributed by atoms with Gasteiger partial charge in [0, 0.05) is 32.6 Å². The summed E-state index contributed by atoms with van der Waals surface area (Å²) in [6.45, 7) is 4.35. The SMILES string of the molecule is CCc1nc(NC)cc(N2CCCCC2)n1. The highest BCUT2D eigenvalue weighted by atomic mass is 15.2. The highest BCUT2D eigenvalue weighted by Gasteiger charge is 2.13. The van der Waals surface area contributed by atoms with Gasteiger partial charge in [0.1, 0.15) is 17.5 Å². The van der Waals surface area contributed by atoms with E-state index in [0.717, 1.165) is 37.0 Å². The third-order valence-corrected chi connectivity index (χ3v) is 3.01. The van der Waals surface area contributed by atoms with Gasteiger partial charge in [0.2, 0.25) is 0 Å². The third-order valence-electron chi connectivity index (χ3n) is 3.01. The van der Waals surface area contributed by atoms with Crippen LogP contribution in [0.25, 0.3) is 0 Å². The summed E-state index contributed by atoms with van der Waals surface area (Å²) in [5.41, 5.74) is 0. The average molecular weight is 220 g/mol. The Morgan fingerprint density at radius 3 is 2.62 bits per heavy atom. The minimum Gasteiger partial charge on any atom is -0.373 e. The molecule has 0 aliphatic carbocycles. The molecule has 1 N–H and O–H groups in total. The molecule has 0 atom stereocenters. The molecule has 2 heterocycles. The normalized spacial score (nSPS) is 16.2. The van der Waals surface area contributed by atoms with Crippen molar-refractivity contribution in [3.8, 4) is 0 Å². The van der Waals surface area contributed by atoms with E-state index >= 15 is 0 Å². The lowest BCUT2D eigenvalue weighted by molar-refractivity contribution is 0.572. The van der Waals surface area contributed by atoms with Gasteiger partial charge in [-0.25, -0.2) is 9.97 Å². The number of anilines is 2. The first-order chi connectivity index (χ1) is 7.83. The molecule has 0 saturated carbocycles. The van der Waals surface area contributed by atoms with Gasteiger partial charge in [0.05, 0.1) is 0 Å². The Balaban J connectivity index is 2.24. The van der Waals surface area contributed by atoms with E-state index < -0.39 is 0 Å². The minimum atomic E-state index is 0.885. The van der Waals surface area contributed by atoms with Crippen LogP contribution in [0.2, 0.25) is 0 Å². The van der Waals surface area contributed by atoms with Gasteiger partial charge in [-0.05, 0) is 19.3 Å². The fourth-order valence-electron chi connectivity index (χ4n) is 2.05. The molecule has 1 saturated heterocycles. The quantitative estimate of drug-likeness (QED) is 0.846. The Kier molecular flexibility index (Phi) is 3.59. The van der Waals surface area contributed by atoms with Crippen LogP contribution < -0.4 is 10.2 Å². The number of hydrogen-bond donors (Lipinski definition) is 1. The zero-order valence-corrected chi connectivity index (χ0v) is 10.2. The molecular weight excluding hydrogens is 200 g/mol. The number of nitrogens with one attached hydrogen (secondary N) is 1. The van der Waals surface area contributed by atoms with Gasteiger partial charge in [-0.15, -0.1) is 0 Å². The van der Waals surface area contributed by atoms with Crippen molar-refractivity contribution < 1.29 is 0 Å². The second-order valence-electron chi connectivity index (χ2n) is 4.18. The number of aromatic nitrogens is 2. The largest absolute Gasteiger partial charge is 0.373 e. The van der Waals surface area contributed by atoms with Gasteiger partial charge >= 0.3 is 0 Å². The Labute approximate surface area is 97.1 Å². The highest BCUT2D eigenvalue weighted by Crippen LogP contribution is 2.20. The fourth-order valence-corrected chi connectivity index (χ4v) is 2.05. The van der Waals surface area contributed by atoms with Crippen LogP contribution in [0.15, 0.2) is 6.07 Å². The predicted molar refractivity (Wildman–Crippen MR) is 67.0 cm³/mol. The molecule has 4 heteroatoms. The Hall–Kier alpha value is -1.32. The van der Waals surface area contributed by atoms with Crippen LogP contribution in [0.1, 0.15) is 32.0 Å². The molecule has 1 aromatic heterocycles. The maximum Gasteiger partial charge on any atom is 0.134 e. The highest BCUT2D eigenvalue weighted by molar-refractivity contribution is 5.49. The Morgan fingerprint density at radius 1 is 1.25 bits per heavy atom. The maximum atomic E-state index is 4.60. The molecule has 0 bridgehead atoms. The fraction of sp³-hybridized carbons (Fsp3) is 0.667. The maximum absolute atomic E-state index is 4.60. The number of aryl methyl sites for hydroxylation is 1. The number of hydrogen-bond acceptors (Lipinski definition) is 4. The van der Waals surface area contributed by atoms with Gasteiger partial charge in [0.15, 0.2) is 0 Å². The first-order valence-corrected chi connectivity index (χ1v) is 6.14. The lowest BCUT2D eigenvalue weighted by Gasteiger charge is -2.28. The molecule has 1 aliphatic heterocycles. The van der Waals surface area contributed by atoms with Gasteiger partial charge in [-0.1, -0.05) is 6.92 Å². The van der Waals surface area contributed by atoms with Crippen LogP contribution in [0, 0.1) is 0 Å². The first-order valence-electron chi connectivity index (χ1n) is 6.14. The molecule has 2 rings (SSSR count). The van der Waals surface area contributed by atoms with E-state index in [1.54, 1.807) is 0 Å². The van der Waals surface area contributed by atoms with Gasteiger partial charge < -0.3 is 10.2 Å². The number of piperidine rings is 1. The smallest absolute Gasteiger partial charge is 0.134 e. The molecule has 16 heavy (non-hydrogen) atoms. The van der Waals surface area contributed by atoms with Crippen LogP contribution in [-0.2, 0) is 6.42 Å². The average Bonchev–Trinajstić information content (AvgIpc) is 2.39. The molecule has 1 aromatic rings. The summed E-state index contributed by atoms with van der Waals surface area (Å²) in [4.78, 5) is 11.4. The van der Waals surface area contributed by atoms with E-state index in [1.807, 2.05) is 13.1 Å². The summed E-state index contributed by atoms with van der Waals surface area (Å²) < 4.78 is 0. The van der Waals surface area contributed by atoms with Crippen molar-refractivity contribution in [2.24, 2.45) is 0 Å². The molecule has 0 radical (unpaired) electrons. The Bertz CT molecular complexity index is 323. The zero-order chi connectivity index (χ0) is 11.4. The van der Waals surface area contributed by atoms with E-state index in [-0.39, 0.29) is 0 Å². The van der Waals surface area contributed by atoms with E-state index in [0.29, 0.717) is 0 Å². The van der Waals surface area contributed by atoms with Crippen molar-refractivity contribution in [3.63, 3.8) is 0 Å². The summed E-state index contributed by atoms with van der Waals surface area (Å²) in [5, 5.41) is 3.10. The van der Waals surface area contributed by atoms with E-state index in [2.05, 4.69) is 27.1 Å². The van der Waals surface area contributed by atoms with Crippen LogP contribution >= 0.6 is 0 Å². The van der Waals surface area contributed by atoms with Crippen LogP contribution in [0.4, 0.5) is 11.6 Å². The molecular formula is C12H20N4. The molecule has 1 fully saturated rings. The lowest BCUT2D eigenvalue weighted by atomic mass is 10.1. The summed E-state index contributed by atoms with van der Waals surface area (Å²) >= 11 is 0. The van der Waals surface area contributed by atoms with E-state index in [4.69, 9.17) is 0 Å². The van der Waals surface area contributed by atoms with Crippen molar-refractivity contribution >= 4 is 11.6 Å². The summed E-state index contributed by atoms with van der Waals surface area (Å²) in [6.07, 6.45) is 4.79.